The molecule has 1 atom stereocenters. The number of carbonyl (C=O) groups excluding carboxylic acids is 2. The molecule has 1 unspecified atom stereocenters. The van der Waals surface area contributed by atoms with Gasteiger partial charge in [0.05, 0.1) is 0 Å². The lowest BCUT2D eigenvalue weighted by Gasteiger charge is -2.06. The van der Waals surface area contributed by atoms with Gasteiger partial charge >= 0.3 is 0 Å². The second kappa shape index (κ2) is 4.37. The van der Waals surface area contributed by atoms with Crippen LogP contribution >= 0.6 is 0 Å². The highest BCUT2D eigenvalue weighted by Gasteiger charge is 2.31. The Hall–Kier alpha value is -1.16. The number of unbranched alkanes of at least 4 members (excludes halogenated alkanes) is 1. The quantitative estimate of drug-likeness (QED) is 0.642. The second-order valence-electron chi connectivity index (χ2n) is 3.57. The van der Waals surface area contributed by atoms with E-state index in [1.807, 2.05) is 6.92 Å². The van der Waals surface area contributed by atoms with E-state index in [0.29, 0.717) is 17.6 Å². The highest BCUT2D eigenvalue weighted by Crippen LogP contribution is 2.20. The van der Waals surface area contributed by atoms with Crippen molar-refractivity contribution in [3.05, 3.63) is 11.1 Å². The van der Waals surface area contributed by atoms with Crippen LogP contribution in [0.5, 0.6) is 0 Å². The topological polar surface area (TPSA) is 72.2 Å². The molecule has 1 aliphatic heterocycles. The number of imide groups is 1. The molecule has 0 bridgehead atoms. The molecule has 0 aromatic heterocycles. The van der Waals surface area contributed by atoms with Crippen LogP contribution in [-0.2, 0) is 9.59 Å². The normalized spacial score (nSPS) is 18.8. The van der Waals surface area contributed by atoms with Crippen LogP contribution in [0, 0.1) is 0 Å². The summed E-state index contributed by atoms with van der Waals surface area (Å²) >= 11 is 0. The minimum atomic E-state index is -0.367. The molecule has 0 aliphatic carbocycles. The fourth-order valence-electron chi connectivity index (χ4n) is 1.59. The van der Waals surface area contributed by atoms with Crippen molar-refractivity contribution >= 4 is 11.8 Å². The van der Waals surface area contributed by atoms with Crippen molar-refractivity contribution in [3.8, 4) is 0 Å². The van der Waals surface area contributed by atoms with Crippen molar-refractivity contribution < 1.29 is 9.59 Å². The lowest BCUT2D eigenvalue weighted by atomic mass is 10.00. The Balaban J connectivity index is 2.91. The van der Waals surface area contributed by atoms with Crippen LogP contribution in [0.4, 0.5) is 0 Å². The number of hydrogen-bond donors (Lipinski definition) is 2. The van der Waals surface area contributed by atoms with Gasteiger partial charge in [0.15, 0.2) is 0 Å². The fraction of sp³-hybridized carbons (Fsp3) is 0.600. The summed E-state index contributed by atoms with van der Waals surface area (Å²) in [6.45, 7) is 3.76. The molecule has 0 fully saturated rings. The van der Waals surface area contributed by atoms with Gasteiger partial charge in [0.25, 0.3) is 11.8 Å². The third-order valence-corrected chi connectivity index (χ3v) is 2.31. The molecule has 0 radical (unpaired) electrons. The molecule has 0 aromatic carbocycles. The third kappa shape index (κ3) is 2.01. The minimum absolute atomic E-state index is 0.268. The maximum atomic E-state index is 11.4. The Morgan fingerprint density at radius 3 is 2.50 bits per heavy atom. The summed E-state index contributed by atoms with van der Waals surface area (Å²) in [4.78, 5) is 22.7. The predicted molar refractivity (Wildman–Crippen MR) is 53.4 cm³/mol. The summed E-state index contributed by atoms with van der Waals surface area (Å²) in [6, 6.07) is -0.367. The Bertz CT molecular complexity index is 292. The van der Waals surface area contributed by atoms with E-state index in [0.717, 1.165) is 12.8 Å². The van der Waals surface area contributed by atoms with Gasteiger partial charge in [-0.2, -0.15) is 0 Å². The van der Waals surface area contributed by atoms with Gasteiger partial charge < -0.3 is 5.73 Å². The lowest BCUT2D eigenvalue weighted by Crippen LogP contribution is -2.28. The summed E-state index contributed by atoms with van der Waals surface area (Å²) in [6.07, 6.45) is 2.55. The second-order valence-corrected chi connectivity index (χ2v) is 3.57. The van der Waals surface area contributed by atoms with E-state index in [9.17, 15) is 9.59 Å². The molecule has 1 aliphatic rings. The molecular weight excluding hydrogens is 180 g/mol. The zero-order chi connectivity index (χ0) is 10.7. The van der Waals surface area contributed by atoms with E-state index in [2.05, 4.69) is 5.32 Å². The molecule has 0 saturated heterocycles. The monoisotopic (exact) mass is 196 g/mol. The van der Waals surface area contributed by atoms with Crippen LogP contribution in [0.1, 0.15) is 33.1 Å². The maximum absolute atomic E-state index is 11.4. The summed E-state index contributed by atoms with van der Waals surface area (Å²) in [5.74, 6) is -0.591. The van der Waals surface area contributed by atoms with Crippen molar-refractivity contribution in [2.24, 2.45) is 5.73 Å². The molecule has 4 heteroatoms. The van der Waals surface area contributed by atoms with E-state index in [1.54, 1.807) is 6.92 Å². The molecule has 78 valence electrons. The van der Waals surface area contributed by atoms with Gasteiger partial charge in [-0.3, -0.25) is 14.9 Å². The number of carbonyl (C=O) groups is 2. The van der Waals surface area contributed by atoms with Crippen LogP contribution in [0.25, 0.3) is 0 Å². The fourth-order valence-corrected chi connectivity index (χ4v) is 1.59. The van der Waals surface area contributed by atoms with Crippen LogP contribution < -0.4 is 11.1 Å². The van der Waals surface area contributed by atoms with Crippen LogP contribution in [-0.4, -0.2) is 17.9 Å². The van der Waals surface area contributed by atoms with Gasteiger partial charge in [-0.05, 0) is 19.8 Å². The Labute approximate surface area is 83.5 Å². The zero-order valence-electron chi connectivity index (χ0n) is 8.59. The number of amides is 2. The van der Waals surface area contributed by atoms with E-state index in [1.165, 1.54) is 0 Å². The van der Waals surface area contributed by atoms with Gasteiger partial charge in [-0.25, -0.2) is 0 Å². The number of nitrogens with one attached hydrogen (secondary N) is 1. The first-order chi connectivity index (χ1) is 6.57. The Morgan fingerprint density at radius 2 is 2.00 bits per heavy atom. The first-order valence-electron chi connectivity index (χ1n) is 4.92. The first-order valence-corrected chi connectivity index (χ1v) is 4.92. The molecule has 0 spiro atoms. The van der Waals surface area contributed by atoms with Gasteiger partial charge in [-0.1, -0.05) is 13.3 Å². The van der Waals surface area contributed by atoms with Crippen molar-refractivity contribution in [1.29, 1.82) is 0 Å². The van der Waals surface area contributed by atoms with E-state index in [-0.39, 0.29) is 17.9 Å². The first kappa shape index (κ1) is 10.9. The average Bonchev–Trinajstić information content (AvgIpc) is 2.37. The highest BCUT2D eigenvalue weighted by molar-refractivity contribution is 6.19. The van der Waals surface area contributed by atoms with Crippen LogP contribution in [0.3, 0.4) is 0 Å². The summed E-state index contributed by atoms with van der Waals surface area (Å²) in [5.41, 5.74) is 6.68. The number of rotatable bonds is 4. The Morgan fingerprint density at radius 1 is 1.36 bits per heavy atom. The molecule has 0 aromatic rings. The predicted octanol–water partition coefficient (Wildman–Crippen LogP) is 0.477. The molecule has 3 N–H and O–H groups in total. The maximum Gasteiger partial charge on any atom is 0.256 e. The summed E-state index contributed by atoms with van der Waals surface area (Å²) in [7, 11) is 0. The lowest BCUT2D eigenvalue weighted by molar-refractivity contribution is -0.124. The Kier molecular flexibility index (Phi) is 3.41. The van der Waals surface area contributed by atoms with Gasteiger partial charge in [0, 0.05) is 17.2 Å². The van der Waals surface area contributed by atoms with Gasteiger partial charge in [0.2, 0.25) is 0 Å². The molecule has 0 saturated carbocycles. The number of hydrogen-bond acceptors (Lipinski definition) is 3. The molecule has 1 rings (SSSR count). The SMILES string of the molecule is CCCCC1=C(C(C)N)C(=O)NC1=O. The van der Waals surface area contributed by atoms with E-state index < -0.39 is 0 Å². The summed E-state index contributed by atoms with van der Waals surface area (Å²) in [5, 5.41) is 2.28. The van der Waals surface area contributed by atoms with Crippen molar-refractivity contribution in [3.63, 3.8) is 0 Å². The molecule has 2 amide bonds. The smallest absolute Gasteiger partial charge is 0.256 e. The molecule has 14 heavy (non-hydrogen) atoms. The van der Waals surface area contributed by atoms with E-state index in [4.69, 9.17) is 5.73 Å². The van der Waals surface area contributed by atoms with E-state index >= 15 is 0 Å². The van der Waals surface area contributed by atoms with Crippen LogP contribution in [0.2, 0.25) is 0 Å². The number of nitrogens with two attached hydrogens (primary N) is 1. The van der Waals surface area contributed by atoms with Crippen molar-refractivity contribution in [2.45, 2.75) is 39.2 Å². The standard InChI is InChI=1S/C10H16N2O2/c1-3-4-5-7-8(6(2)11)10(14)12-9(7)13/h6H,3-5,11H2,1-2H3,(H,12,13,14). The van der Waals surface area contributed by atoms with Gasteiger partial charge in [0.1, 0.15) is 0 Å². The third-order valence-electron chi connectivity index (χ3n) is 2.31. The van der Waals surface area contributed by atoms with Crippen LogP contribution in [0.15, 0.2) is 11.1 Å². The molecule has 4 nitrogen and oxygen atoms in total. The minimum Gasteiger partial charge on any atom is -0.324 e. The largest absolute Gasteiger partial charge is 0.324 e. The summed E-state index contributed by atoms with van der Waals surface area (Å²) < 4.78 is 0. The highest BCUT2D eigenvalue weighted by atomic mass is 16.2. The van der Waals surface area contributed by atoms with Gasteiger partial charge in [-0.15, -0.1) is 0 Å². The molecule has 1 heterocycles. The molecular formula is C10H16N2O2. The van der Waals surface area contributed by atoms with Crippen molar-refractivity contribution in [1.82, 2.24) is 5.32 Å². The average molecular weight is 196 g/mol. The van der Waals surface area contributed by atoms with Crippen molar-refractivity contribution in [2.75, 3.05) is 0 Å². The zero-order valence-corrected chi connectivity index (χ0v) is 8.59.